The molecule has 1 heterocycles. The monoisotopic (exact) mass is 286 g/mol. The molecule has 1 amide bonds. The van der Waals surface area contributed by atoms with Gasteiger partial charge < -0.3 is 5.73 Å². The number of likely N-dealkylation sites (tertiary alicyclic amines) is 1. The Kier molecular flexibility index (Phi) is 4.49. The molecule has 2 N–H and O–H groups in total. The highest BCUT2D eigenvalue weighted by Gasteiger charge is 2.24. The fourth-order valence-electron chi connectivity index (χ4n) is 2.34. The highest BCUT2D eigenvalue weighted by molar-refractivity contribution is 6.35. The number of halogens is 2. The summed E-state index contributed by atoms with van der Waals surface area (Å²) in [6.45, 7) is 2.31. The van der Waals surface area contributed by atoms with Gasteiger partial charge in [-0.1, -0.05) is 29.3 Å². The van der Waals surface area contributed by atoms with Crippen LogP contribution in [0.3, 0.4) is 0 Å². The van der Waals surface area contributed by atoms with E-state index in [0.29, 0.717) is 23.1 Å². The molecule has 0 aromatic heterocycles. The first-order valence-electron chi connectivity index (χ1n) is 6.02. The van der Waals surface area contributed by atoms with Crippen LogP contribution in [0.5, 0.6) is 0 Å². The van der Waals surface area contributed by atoms with Crippen molar-refractivity contribution in [3.8, 4) is 0 Å². The molecule has 0 spiro atoms. The SMILES string of the molecule is NC(=O)[C@H]1CCCN(Cc2c(Cl)cccc2Cl)C1. The minimum absolute atomic E-state index is 0.0555. The lowest BCUT2D eigenvalue weighted by Gasteiger charge is -2.31. The van der Waals surface area contributed by atoms with Crippen LogP contribution < -0.4 is 5.73 Å². The van der Waals surface area contributed by atoms with Gasteiger partial charge in [-0.3, -0.25) is 9.69 Å². The standard InChI is InChI=1S/C13H16Cl2N2O/c14-11-4-1-5-12(15)10(11)8-17-6-2-3-9(7-17)13(16)18/h1,4-5,9H,2-3,6-8H2,(H2,16,18)/t9-/m0/s1. The normalized spacial score (nSPS) is 20.9. The van der Waals surface area contributed by atoms with Crippen molar-refractivity contribution in [3.05, 3.63) is 33.8 Å². The summed E-state index contributed by atoms with van der Waals surface area (Å²) < 4.78 is 0. The van der Waals surface area contributed by atoms with Crippen molar-refractivity contribution >= 4 is 29.1 Å². The van der Waals surface area contributed by atoms with Gasteiger partial charge in [0.2, 0.25) is 5.91 Å². The second-order valence-corrected chi connectivity index (χ2v) is 5.49. The van der Waals surface area contributed by atoms with Crippen molar-refractivity contribution < 1.29 is 4.79 Å². The van der Waals surface area contributed by atoms with Gasteiger partial charge in [0.1, 0.15) is 0 Å². The molecule has 1 aromatic carbocycles. The topological polar surface area (TPSA) is 46.3 Å². The Balaban J connectivity index is 2.07. The van der Waals surface area contributed by atoms with E-state index < -0.39 is 0 Å². The third kappa shape index (κ3) is 3.16. The molecule has 1 atom stereocenters. The molecule has 3 nitrogen and oxygen atoms in total. The summed E-state index contributed by atoms with van der Waals surface area (Å²) in [6.07, 6.45) is 1.86. The predicted molar refractivity (Wildman–Crippen MR) is 73.7 cm³/mol. The van der Waals surface area contributed by atoms with Gasteiger partial charge in [0.05, 0.1) is 5.92 Å². The third-order valence-corrected chi connectivity index (χ3v) is 4.06. The smallest absolute Gasteiger partial charge is 0.221 e. The molecule has 0 saturated carbocycles. The highest BCUT2D eigenvalue weighted by atomic mass is 35.5. The number of carbonyl (C=O) groups is 1. The molecule has 5 heteroatoms. The van der Waals surface area contributed by atoms with Gasteiger partial charge >= 0.3 is 0 Å². The predicted octanol–water partition coefficient (Wildman–Crippen LogP) is 2.69. The quantitative estimate of drug-likeness (QED) is 0.929. The van der Waals surface area contributed by atoms with Crippen LogP contribution in [0.15, 0.2) is 18.2 Å². The average Bonchev–Trinajstić information content (AvgIpc) is 2.34. The van der Waals surface area contributed by atoms with E-state index >= 15 is 0 Å². The molecule has 98 valence electrons. The Hall–Kier alpha value is -0.770. The van der Waals surface area contributed by atoms with E-state index in [2.05, 4.69) is 4.90 Å². The lowest BCUT2D eigenvalue weighted by Crippen LogP contribution is -2.40. The largest absolute Gasteiger partial charge is 0.369 e. The van der Waals surface area contributed by atoms with Crippen LogP contribution in [0, 0.1) is 5.92 Å². The molecule has 0 unspecified atom stereocenters. The Morgan fingerprint density at radius 2 is 2.06 bits per heavy atom. The number of nitrogens with two attached hydrogens (primary N) is 1. The number of rotatable bonds is 3. The number of benzene rings is 1. The Labute approximate surface area is 117 Å². The molecular formula is C13H16Cl2N2O. The minimum atomic E-state index is -0.218. The molecule has 1 aliphatic heterocycles. The fourth-order valence-corrected chi connectivity index (χ4v) is 2.86. The molecule has 1 saturated heterocycles. The molecule has 18 heavy (non-hydrogen) atoms. The summed E-state index contributed by atoms with van der Waals surface area (Å²) >= 11 is 12.3. The van der Waals surface area contributed by atoms with E-state index in [0.717, 1.165) is 24.9 Å². The van der Waals surface area contributed by atoms with Crippen molar-refractivity contribution in [1.29, 1.82) is 0 Å². The van der Waals surface area contributed by atoms with E-state index in [1.54, 1.807) is 0 Å². The van der Waals surface area contributed by atoms with Crippen molar-refractivity contribution in [2.24, 2.45) is 11.7 Å². The molecule has 0 aliphatic carbocycles. The number of nitrogens with zero attached hydrogens (tertiary/aromatic N) is 1. The number of hydrogen-bond acceptors (Lipinski definition) is 2. The first-order chi connectivity index (χ1) is 8.58. The first kappa shape index (κ1) is 13.7. The second-order valence-electron chi connectivity index (χ2n) is 4.68. The zero-order valence-electron chi connectivity index (χ0n) is 10.0. The molecule has 2 rings (SSSR count). The number of carbonyl (C=O) groups excluding carboxylic acids is 1. The van der Waals surface area contributed by atoms with Gasteiger partial charge in [-0.25, -0.2) is 0 Å². The van der Waals surface area contributed by atoms with Crippen LogP contribution in [0.25, 0.3) is 0 Å². The number of hydrogen-bond donors (Lipinski definition) is 1. The van der Waals surface area contributed by atoms with Crippen molar-refractivity contribution in [3.63, 3.8) is 0 Å². The Morgan fingerprint density at radius 3 is 2.67 bits per heavy atom. The second kappa shape index (κ2) is 5.91. The molecule has 0 radical (unpaired) electrons. The van der Waals surface area contributed by atoms with E-state index in [-0.39, 0.29) is 11.8 Å². The zero-order chi connectivity index (χ0) is 13.1. The van der Waals surface area contributed by atoms with E-state index in [1.165, 1.54) is 0 Å². The molecular weight excluding hydrogens is 271 g/mol. The Morgan fingerprint density at radius 1 is 1.39 bits per heavy atom. The van der Waals surface area contributed by atoms with Gasteiger partial charge in [-0.15, -0.1) is 0 Å². The van der Waals surface area contributed by atoms with Crippen LogP contribution in [0.1, 0.15) is 18.4 Å². The summed E-state index contributed by atoms with van der Waals surface area (Å²) in [7, 11) is 0. The van der Waals surface area contributed by atoms with E-state index in [9.17, 15) is 4.79 Å². The van der Waals surface area contributed by atoms with Gasteiger partial charge in [0.25, 0.3) is 0 Å². The summed E-state index contributed by atoms with van der Waals surface area (Å²) in [6, 6.07) is 5.49. The Bertz CT molecular complexity index is 430. The van der Waals surface area contributed by atoms with E-state index in [4.69, 9.17) is 28.9 Å². The summed E-state index contributed by atoms with van der Waals surface area (Å²) in [5, 5.41) is 1.34. The highest BCUT2D eigenvalue weighted by Crippen LogP contribution is 2.27. The van der Waals surface area contributed by atoms with E-state index in [1.807, 2.05) is 18.2 Å². The van der Waals surface area contributed by atoms with Crippen LogP contribution >= 0.6 is 23.2 Å². The van der Waals surface area contributed by atoms with Gasteiger partial charge in [0, 0.05) is 28.7 Å². The minimum Gasteiger partial charge on any atom is -0.369 e. The maximum Gasteiger partial charge on any atom is 0.221 e. The summed E-state index contributed by atoms with van der Waals surface area (Å²) in [5.74, 6) is -0.273. The number of primary amides is 1. The molecule has 0 bridgehead atoms. The van der Waals surface area contributed by atoms with Crippen molar-refractivity contribution in [2.45, 2.75) is 19.4 Å². The lowest BCUT2D eigenvalue weighted by atomic mass is 9.97. The van der Waals surface area contributed by atoms with Gasteiger partial charge in [-0.05, 0) is 31.5 Å². The molecule has 1 fully saturated rings. The van der Waals surface area contributed by atoms with Crippen molar-refractivity contribution in [1.82, 2.24) is 4.90 Å². The summed E-state index contributed by atoms with van der Waals surface area (Å²) in [5.41, 5.74) is 6.29. The van der Waals surface area contributed by atoms with Gasteiger partial charge in [0.15, 0.2) is 0 Å². The van der Waals surface area contributed by atoms with Crippen LogP contribution in [0.4, 0.5) is 0 Å². The zero-order valence-corrected chi connectivity index (χ0v) is 11.5. The molecule has 1 aromatic rings. The third-order valence-electron chi connectivity index (χ3n) is 3.35. The van der Waals surface area contributed by atoms with Gasteiger partial charge in [-0.2, -0.15) is 0 Å². The lowest BCUT2D eigenvalue weighted by molar-refractivity contribution is -0.123. The van der Waals surface area contributed by atoms with Crippen LogP contribution in [-0.4, -0.2) is 23.9 Å². The average molecular weight is 287 g/mol. The number of amides is 1. The number of piperidine rings is 1. The first-order valence-corrected chi connectivity index (χ1v) is 6.78. The maximum atomic E-state index is 11.2. The van der Waals surface area contributed by atoms with Crippen LogP contribution in [0.2, 0.25) is 10.0 Å². The summed E-state index contributed by atoms with van der Waals surface area (Å²) in [4.78, 5) is 13.4. The maximum absolute atomic E-state index is 11.2. The van der Waals surface area contributed by atoms with Crippen LogP contribution in [-0.2, 0) is 11.3 Å². The van der Waals surface area contributed by atoms with Crippen molar-refractivity contribution in [2.75, 3.05) is 13.1 Å². The molecule has 1 aliphatic rings. The fraction of sp³-hybridized carbons (Fsp3) is 0.462.